The molecule has 2 atom stereocenters. The van der Waals surface area contributed by atoms with Crippen molar-refractivity contribution in [2.45, 2.75) is 51.9 Å². The van der Waals surface area contributed by atoms with Gasteiger partial charge in [-0.1, -0.05) is 55.5 Å². The number of tetrazole rings is 1. The van der Waals surface area contributed by atoms with Crippen molar-refractivity contribution in [2.75, 3.05) is 6.54 Å². The molecule has 0 aliphatic heterocycles. The topological polar surface area (TPSA) is 105 Å². The number of aliphatic hydroxyl groups is 1. The number of benzene rings is 3. The quantitative estimate of drug-likeness (QED) is 0.258. The van der Waals surface area contributed by atoms with Gasteiger partial charge in [-0.05, 0) is 59.4 Å². The van der Waals surface area contributed by atoms with E-state index in [2.05, 4.69) is 45.1 Å². The van der Waals surface area contributed by atoms with Crippen molar-refractivity contribution >= 4 is 5.91 Å². The molecule has 0 unspecified atom stereocenters. The van der Waals surface area contributed by atoms with E-state index < -0.39 is 29.7 Å². The van der Waals surface area contributed by atoms with Gasteiger partial charge >= 0.3 is 0 Å². The zero-order valence-electron chi connectivity index (χ0n) is 21.9. The van der Waals surface area contributed by atoms with Gasteiger partial charge in [0.15, 0.2) is 0 Å². The number of carbonyl (C=O) groups excluding carboxylic acids is 1. The SMILES string of the molecule is CCc1cccc(CNC[C@@H](O)[C@H](Cc2cc(F)cc(F)c2)NC(=O)Cn2nnc(-c3ccccc3C)n2)c1. The highest BCUT2D eigenvalue weighted by Crippen LogP contribution is 2.18. The van der Waals surface area contributed by atoms with Crippen LogP contribution in [0.2, 0.25) is 0 Å². The molecule has 1 aromatic heterocycles. The Kier molecular flexibility index (Phi) is 9.45. The highest BCUT2D eigenvalue weighted by Gasteiger charge is 2.23. The van der Waals surface area contributed by atoms with E-state index in [1.807, 2.05) is 43.3 Å². The molecule has 204 valence electrons. The summed E-state index contributed by atoms with van der Waals surface area (Å²) in [4.78, 5) is 14.1. The number of carbonyl (C=O) groups is 1. The second-order valence-electron chi connectivity index (χ2n) is 9.49. The lowest BCUT2D eigenvalue weighted by Gasteiger charge is -2.25. The summed E-state index contributed by atoms with van der Waals surface area (Å²) in [5.41, 5.74) is 4.37. The van der Waals surface area contributed by atoms with Crippen LogP contribution < -0.4 is 10.6 Å². The molecule has 0 fully saturated rings. The van der Waals surface area contributed by atoms with E-state index in [-0.39, 0.29) is 19.5 Å². The maximum atomic E-state index is 13.8. The molecular formula is C29H32F2N6O2. The Hall–Kier alpha value is -4.02. The molecule has 0 saturated heterocycles. The summed E-state index contributed by atoms with van der Waals surface area (Å²) in [5.74, 6) is -1.53. The van der Waals surface area contributed by atoms with Crippen molar-refractivity contribution < 1.29 is 18.7 Å². The molecule has 3 N–H and O–H groups in total. The van der Waals surface area contributed by atoms with E-state index in [1.165, 1.54) is 22.5 Å². The van der Waals surface area contributed by atoms with Crippen molar-refractivity contribution in [3.63, 3.8) is 0 Å². The Morgan fingerprint density at radius 1 is 1.00 bits per heavy atom. The molecule has 0 aliphatic rings. The molecule has 0 bridgehead atoms. The predicted octanol–water partition coefficient (Wildman–Crippen LogP) is 3.37. The molecule has 8 nitrogen and oxygen atoms in total. The van der Waals surface area contributed by atoms with Crippen LogP contribution in [0.25, 0.3) is 11.4 Å². The van der Waals surface area contributed by atoms with Crippen LogP contribution in [0.1, 0.15) is 29.2 Å². The maximum absolute atomic E-state index is 13.8. The van der Waals surface area contributed by atoms with Crippen LogP contribution in [0.5, 0.6) is 0 Å². The van der Waals surface area contributed by atoms with Crippen LogP contribution >= 0.6 is 0 Å². The summed E-state index contributed by atoms with van der Waals surface area (Å²) in [6.07, 6.45) is -0.101. The van der Waals surface area contributed by atoms with Crippen molar-refractivity contribution in [1.29, 1.82) is 0 Å². The van der Waals surface area contributed by atoms with Crippen molar-refractivity contribution in [3.8, 4) is 11.4 Å². The van der Waals surface area contributed by atoms with Gasteiger partial charge in [-0.15, -0.1) is 10.2 Å². The second kappa shape index (κ2) is 13.2. The Balaban J connectivity index is 1.42. The van der Waals surface area contributed by atoms with Gasteiger partial charge in [-0.25, -0.2) is 8.78 Å². The fraction of sp³-hybridized carbons (Fsp3) is 0.310. The van der Waals surface area contributed by atoms with Crippen LogP contribution in [0.4, 0.5) is 8.78 Å². The summed E-state index contributed by atoms with van der Waals surface area (Å²) in [7, 11) is 0. The molecule has 0 aliphatic carbocycles. The molecule has 0 spiro atoms. The highest BCUT2D eigenvalue weighted by molar-refractivity contribution is 5.76. The summed E-state index contributed by atoms with van der Waals surface area (Å²) in [6, 6.07) is 18.0. The summed E-state index contributed by atoms with van der Waals surface area (Å²) >= 11 is 0. The number of hydrogen-bond donors (Lipinski definition) is 3. The van der Waals surface area contributed by atoms with Crippen LogP contribution in [0.15, 0.2) is 66.7 Å². The van der Waals surface area contributed by atoms with Crippen LogP contribution in [-0.4, -0.2) is 49.9 Å². The van der Waals surface area contributed by atoms with Crippen molar-refractivity contribution in [2.24, 2.45) is 0 Å². The van der Waals surface area contributed by atoms with Crippen LogP contribution in [0.3, 0.4) is 0 Å². The van der Waals surface area contributed by atoms with E-state index in [9.17, 15) is 18.7 Å². The first-order valence-corrected chi connectivity index (χ1v) is 12.9. The molecule has 10 heteroatoms. The Labute approximate surface area is 226 Å². The van der Waals surface area contributed by atoms with E-state index in [4.69, 9.17) is 0 Å². The monoisotopic (exact) mass is 534 g/mol. The first-order valence-electron chi connectivity index (χ1n) is 12.9. The third-order valence-electron chi connectivity index (χ3n) is 6.39. The van der Waals surface area contributed by atoms with Gasteiger partial charge in [0, 0.05) is 24.7 Å². The second-order valence-corrected chi connectivity index (χ2v) is 9.49. The molecule has 0 radical (unpaired) electrons. The predicted molar refractivity (Wildman–Crippen MR) is 144 cm³/mol. The summed E-state index contributed by atoms with van der Waals surface area (Å²) in [6.45, 7) is 4.44. The largest absolute Gasteiger partial charge is 0.390 e. The Morgan fingerprint density at radius 3 is 2.49 bits per heavy atom. The van der Waals surface area contributed by atoms with Gasteiger partial charge in [-0.2, -0.15) is 4.80 Å². The normalized spacial score (nSPS) is 12.7. The molecule has 4 aromatic rings. The third kappa shape index (κ3) is 7.98. The fourth-order valence-corrected chi connectivity index (χ4v) is 4.35. The molecule has 4 rings (SSSR count). The number of aryl methyl sites for hydroxylation is 2. The first-order chi connectivity index (χ1) is 18.8. The zero-order valence-corrected chi connectivity index (χ0v) is 21.9. The average molecular weight is 535 g/mol. The Bertz CT molecular complexity index is 1390. The number of halogens is 2. The smallest absolute Gasteiger partial charge is 0.243 e. The minimum absolute atomic E-state index is 0.0217. The van der Waals surface area contributed by atoms with Crippen molar-refractivity contribution in [1.82, 2.24) is 30.8 Å². The standard InChI is InChI=1S/C29H32F2N6O2/c1-3-20-8-6-9-21(11-20)16-32-17-27(38)26(14-22-12-23(30)15-24(31)13-22)33-28(39)18-37-35-29(34-36-37)25-10-5-4-7-19(25)2/h4-13,15,26-27,32,38H,3,14,16-18H2,1-2H3,(H,33,39)/t26-,27+/m0/s1. The van der Waals surface area contributed by atoms with Gasteiger partial charge in [0.2, 0.25) is 11.7 Å². The number of amides is 1. The average Bonchev–Trinajstić information content (AvgIpc) is 3.36. The summed E-state index contributed by atoms with van der Waals surface area (Å²) < 4.78 is 27.6. The molecule has 1 heterocycles. The molecule has 0 saturated carbocycles. The minimum Gasteiger partial charge on any atom is -0.390 e. The van der Waals surface area contributed by atoms with E-state index >= 15 is 0 Å². The number of aliphatic hydroxyl groups excluding tert-OH is 1. The number of hydrogen-bond acceptors (Lipinski definition) is 6. The number of nitrogens with one attached hydrogen (secondary N) is 2. The van der Waals surface area contributed by atoms with Gasteiger partial charge in [-0.3, -0.25) is 4.79 Å². The summed E-state index contributed by atoms with van der Waals surface area (Å²) in [5, 5.41) is 29.3. The van der Waals surface area contributed by atoms with Gasteiger partial charge in [0.05, 0.1) is 12.1 Å². The highest BCUT2D eigenvalue weighted by atomic mass is 19.1. The lowest BCUT2D eigenvalue weighted by molar-refractivity contribution is -0.123. The number of nitrogens with zero attached hydrogens (tertiary/aromatic N) is 4. The van der Waals surface area contributed by atoms with E-state index in [0.717, 1.165) is 29.2 Å². The third-order valence-corrected chi connectivity index (χ3v) is 6.39. The van der Waals surface area contributed by atoms with Crippen molar-refractivity contribution in [3.05, 3.63) is 101 Å². The molecule has 3 aromatic carbocycles. The first kappa shape index (κ1) is 28.0. The van der Waals surface area contributed by atoms with Gasteiger partial charge in [0.1, 0.15) is 18.2 Å². The van der Waals surface area contributed by atoms with Gasteiger partial charge < -0.3 is 15.7 Å². The maximum Gasteiger partial charge on any atom is 0.243 e. The molecule has 1 amide bonds. The molecular weight excluding hydrogens is 502 g/mol. The Morgan fingerprint density at radius 2 is 1.74 bits per heavy atom. The zero-order chi connectivity index (χ0) is 27.8. The number of rotatable bonds is 12. The van der Waals surface area contributed by atoms with Gasteiger partial charge in [0.25, 0.3) is 0 Å². The van der Waals surface area contributed by atoms with Crippen LogP contribution in [0, 0.1) is 18.6 Å². The van der Waals surface area contributed by atoms with E-state index in [1.54, 1.807) is 0 Å². The number of aromatic nitrogens is 4. The van der Waals surface area contributed by atoms with E-state index in [0.29, 0.717) is 17.9 Å². The minimum atomic E-state index is -1.04. The lowest BCUT2D eigenvalue weighted by atomic mass is 10.0. The lowest BCUT2D eigenvalue weighted by Crippen LogP contribution is -2.49. The molecule has 39 heavy (non-hydrogen) atoms. The van der Waals surface area contributed by atoms with Crippen LogP contribution in [-0.2, 0) is 30.7 Å². The fourth-order valence-electron chi connectivity index (χ4n) is 4.35.